The molecule has 1 amide bonds. The Bertz CT molecular complexity index is 955. The molecule has 2 aromatic rings. The zero-order valence-electron chi connectivity index (χ0n) is 14.8. The van der Waals surface area contributed by atoms with Crippen molar-refractivity contribution in [2.75, 3.05) is 0 Å². The minimum atomic E-state index is -4.02. The van der Waals surface area contributed by atoms with Crippen LogP contribution in [-0.4, -0.2) is 20.1 Å². The van der Waals surface area contributed by atoms with Crippen LogP contribution >= 0.6 is 0 Å². The van der Waals surface area contributed by atoms with Crippen LogP contribution in [0.2, 0.25) is 0 Å². The lowest BCUT2D eigenvalue weighted by molar-refractivity contribution is 0.0944. The molecule has 0 unspecified atom stereocenters. The van der Waals surface area contributed by atoms with Gasteiger partial charge in [0.15, 0.2) is 11.5 Å². The van der Waals surface area contributed by atoms with Gasteiger partial charge < -0.3 is 4.42 Å². The lowest BCUT2D eigenvalue weighted by Gasteiger charge is -2.07. The van der Waals surface area contributed by atoms with Crippen LogP contribution in [0.4, 0.5) is 0 Å². The maximum atomic E-state index is 12.5. The largest absolute Gasteiger partial charge is 0.455 e. The van der Waals surface area contributed by atoms with Crippen LogP contribution in [0.1, 0.15) is 64.0 Å². The Morgan fingerprint density at radius 3 is 2.50 bits per heavy atom. The summed E-state index contributed by atoms with van der Waals surface area (Å²) in [4.78, 5) is 24.5. The highest BCUT2D eigenvalue weighted by atomic mass is 32.2. The highest BCUT2D eigenvalue weighted by molar-refractivity contribution is 7.90. The molecule has 1 N–H and O–H groups in total. The number of hydrogen-bond donors (Lipinski definition) is 1. The summed E-state index contributed by atoms with van der Waals surface area (Å²) in [6.07, 6.45) is 3.47. The third kappa shape index (κ3) is 3.44. The van der Waals surface area contributed by atoms with E-state index in [1.165, 1.54) is 12.1 Å². The highest BCUT2D eigenvalue weighted by Crippen LogP contribution is 2.29. The second-order valence-electron chi connectivity index (χ2n) is 6.46. The number of ketones is 1. The molecule has 0 saturated carbocycles. The molecule has 1 aliphatic rings. The topological polar surface area (TPSA) is 93.4 Å². The number of carbonyl (C=O) groups is 2. The number of Topliss-reactive ketones (excluding diaryl/α,β-unsaturated/α-hetero) is 1. The monoisotopic (exact) mass is 375 g/mol. The Kier molecular flexibility index (Phi) is 5.00. The van der Waals surface area contributed by atoms with Gasteiger partial charge in [-0.3, -0.25) is 9.59 Å². The minimum Gasteiger partial charge on any atom is -0.455 e. The molecule has 0 atom stereocenters. The van der Waals surface area contributed by atoms with Gasteiger partial charge in [-0.15, -0.1) is 0 Å². The summed E-state index contributed by atoms with van der Waals surface area (Å²) >= 11 is 0. The van der Waals surface area contributed by atoms with Crippen molar-refractivity contribution in [2.45, 2.75) is 50.8 Å². The molecular formula is C19H21NO5S. The molecule has 1 aliphatic carbocycles. The van der Waals surface area contributed by atoms with Crippen LogP contribution in [-0.2, 0) is 22.9 Å². The molecule has 0 radical (unpaired) electrons. The summed E-state index contributed by atoms with van der Waals surface area (Å²) in [6, 6.07) is 6.42. The second kappa shape index (κ2) is 7.07. The molecule has 7 heteroatoms. The fourth-order valence-electron chi connectivity index (χ4n) is 3.22. The highest BCUT2D eigenvalue weighted by Gasteiger charge is 2.30. The van der Waals surface area contributed by atoms with Crippen molar-refractivity contribution in [1.29, 1.82) is 0 Å². The first kappa shape index (κ1) is 18.4. The molecule has 0 aliphatic heterocycles. The molecule has 6 nitrogen and oxygen atoms in total. The Morgan fingerprint density at radius 2 is 1.88 bits per heavy atom. The number of rotatable bonds is 5. The Labute approximate surface area is 152 Å². The summed E-state index contributed by atoms with van der Waals surface area (Å²) < 4.78 is 32.5. The third-order valence-electron chi connectivity index (χ3n) is 4.51. The van der Waals surface area contributed by atoms with Crippen molar-refractivity contribution in [3.05, 3.63) is 52.5 Å². The van der Waals surface area contributed by atoms with Crippen molar-refractivity contribution in [3.63, 3.8) is 0 Å². The van der Waals surface area contributed by atoms with Crippen LogP contribution in [0.5, 0.6) is 0 Å². The summed E-state index contributed by atoms with van der Waals surface area (Å²) in [7, 11) is -4.02. The van der Waals surface area contributed by atoms with Gasteiger partial charge in [0, 0.05) is 18.4 Å². The summed E-state index contributed by atoms with van der Waals surface area (Å²) in [5, 5.41) is 0. The quantitative estimate of drug-likeness (QED) is 0.866. The van der Waals surface area contributed by atoms with E-state index in [-0.39, 0.29) is 16.4 Å². The predicted molar refractivity (Wildman–Crippen MR) is 95.8 cm³/mol. The molecule has 0 saturated heterocycles. The summed E-state index contributed by atoms with van der Waals surface area (Å²) in [5.74, 6) is -0.579. The molecule has 1 aromatic carbocycles. The molecule has 3 rings (SSSR count). The average molecular weight is 375 g/mol. The molecule has 0 spiro atoms. The average Bonchev–Trinajstić information content (AvgIpc) is 2.94. The van der Waals surface area contributed by atoms with Crippen molar-refractivity contribution < 1.29 is 22.4 Å². The van der Waals surface area contributed by atoms with Crippen molar-refractivity contribution in [2.24, 2.45) is 0 Å². The number of nitrogens with one attached hydrogen (secondary N) is 1. The van der Waals surface area contributed by atoms with Crippen LogP contribution in [0, 0.1) is 6.92 Å². The van der Waals surface area contributed by atoms with E-state index in [9.17, 15) is 18.0 Å². The predicted octanol–water partition coefficient (Wildman–Crippen LogP) is 3.18. The zero-order valence-corrected chi connectivity index (χ0v) is 15.6. The number of furan rings is 1. The molecule has 1 heterocycles. The van der Waals surface area contributed by atoms with Gasteiger partial charge in [-0.1, -0.05) is 25.5 Å². The van der Waals surface area contributed by atoms with Crippen LogP contribution < -0.4 is 4.72 Å². The third-order valence-corrected chi connectivity index (χ3v) is 5.86. The number of fused-ring (bicyclic) bond motifs is 1. The number of benzene rings is 1. The van der Waals surface area contributed by atoms with E-state index >= 15 is 0 Å². The van der Waals surface area contributed by atoms with Gasteiger partial charge in [0.05, 0.1) is 10.5 Å². The molecular weight excluding hydrogens is 354 g/mol. The smallest absolute Gasteiger partial charge is 0.300 e. The van der Waals surface area contributed by atoms with E-state index in [2.05, 4.69) is 0 Å². The van der Waals surface area contributed by atoms with Crippen LogP contribution in [0.25, 0.3) is 0 Å². The standard InChI is InChI=1S/C19H21NO5S/c1-3-5-13-8-10-14(11-9-13)26(23,24)20-19(22)18-12(2)17-15(21)6-4-7-16(17)25-18/h8-11H,3-7H2,1-2H3,(H,20,22). The maximum absolute atomic E-state index is 12.5. The van der Waals surface area contributed by atoms with E-state index in [0.717, 1.165) is 18.4 Å². The van der Waals surface area contributed by atoms with Gasteiger partial charge in [-0.05, 0) is 37.5 Å². The normalized spacial score (nSPS) is 14.2. The number of hydrogen-bond acceptors (Lipinski definition) is 5. The molecule has 138 valence electrons. The molecule has 0 bridgehead atoms. The lowest BCUT2D eigenvalue weighted by Crippen LogP contribution is -2.30. The van der Waals surface area contributed by atoms with Crippen molar-refractivity contribution in [3.8, 4) is 0 Å². The van der Waals surface area contributed by atoms with Crippen molar-refractivity contribution in [1.82, 2.24) is 4.72 Å². The van der Waals surface area contributed by atoms with E-state index in [1.807, 2.05) is 11.6 Å². The second-order valence-corrected chi connectivity index (χ2v) is 8.14. The first-order valence-electron chi connectivity index (χ1n) is 8.65. The van der Waals surface area contributed by atoms with Gasteiger partial charge >= 0.3 is 5.91 Å². The fraction of sp³-hybridized carbons (Fsp3) is 0.368. The zero-order chi connectivity index (χ0) is 18.9. The van der Waals surface area contributed by atoms with Crippen LogP contribution in [0.15, 0.2) is 33.6 Å². The minimum absolute atomic E-state index is 0.00996. The van der Waals surface area contributed by atoms with Gasteiger partial charge in [-0.2, -0.15) is 0 Å². The summed E-state index contributed by atoms with van der Waals surface area (Å²) in [5.41, 5.74) is 1.85. The Hall–Kier alpha value is -2.41. The SMILES string of the molecule is CCCc1ccc(S(=O)(=O)NC(=O)c2oc3c(c2C)C(=O)CCC3)cc1. The summed E-state index contributed by atoms with van der Waals surface area (Å²) in [6.45, 7) is 3.65. The molecule has 1 aromatic heterocycles. The van der Waals surface area contributed by atoms with Gasteiger partial charge in [0.1, 0.15) is 5.76 Å². The molecule has 26 heavy (non-hydrogen) atoms. The Balaban J connectivity index is 1.84. The lowest BCUT2D eigenvalue weighted by atomic mass is 9.94. The molecule has 0 fully saturated rings. The van der Waals surface area contributed by atoms with Gasteiger partial charge in [-0.25, -0.2) is 13.1 Å². The van der Waals surface area contributed by atoms with E-state index in [0.29, 0.717) is 36.1 Å². The number of sulfonamides is 1. The number of carbonyl (C=O) groups excluding carboxylic acids is 2. The van der Waals surface area contributed by atoms with Gasteiger partial charge in [0.2, 0.25) is 0 Å². The maximum Gasteiger partial charge on any atom is 0.300 e. The fourth-order valence-corrected chi connectivity index (χ4v) is 4.17. The van der Waals surface area contributed by atoms with E-state index in [1.54, 1.807) is 19.1 Å². The van der Waals surface area contributed by atoms with Crippen LogP contribution in [0.3, 0.4) is 0 Å². The first-order chi connectivity index (χ1) is 12.3. The van der Waals surface area contributed by atoms with Gasteiger partial charge in [0.25, 0.3) is 10.0 Å². The van der Waals surface area contributed by atoms with E-state index < -0.39 is 15.9 Å². The Morgan fingerprint density at radius 1 is 1.19 bits per heavy atom. The van der Waals surface area contributed by atoms with E-state index in [4.69, 9.17) is 4.42 Å². The first-order valence-corrected chi connectivity index (χ1v) is 10.1. The number of aryl methyl sites for hydroxylation is 2. The number of amides is 1. The van der Waals surface area contributed by atoms with Crippen molar-refractivity contribution >= 4 is 21.7 Å².